The highest BCUT2D eigenvalue weighted by atomic mass is 79.9. The molecule has 0 radical (unpaired) electrons. The fraction of sp³-hybridized carbons (Fsp3) is 0.250. The Morgan fingerprint density at radius 1 is 1.69 bits per heavy atom. The average molecular weight is 284 g/mol. The second-order valence-corrected chi connectivity index (χ2v) is 4.12. The van der Waals surface area contributed by atoms with Gasteiger partial charge in [-0.1, -0.05) is 34.1 Å². The molecule has 0 amide bonds. The summed E-state index contributed by atoms with van der Waals surface area (Å²) in [5, 5.41) is 3.05. The van der Waals surface area contributed by atoms with Gasteiger partial charge < -0.3 is 4.74 Å². The number of halogens is 1. The molecule has 1 rings (SSSR count). The van der Waals surface area contributed by atoms with Gasteiger partial charge in [0.05, 0.1) is 7.11 Å². The summed E-state index contributed by atoms with van der Waals surface area (Å²) in [6, 6.07) is 7.09. The highest BCUT2D eigenvalue weighted by molar-refractivity contribution is 9.10. The molecule has 0 saturated heterocycles. The van der Waals surface area contributed by atoms with Crippen molar-refractivity contribution >= 4 is 21.9 Å². The van der Waals surface area contributed by atoms with Crippen molar-refractivity contribution in [2.24, 2.45) is 0 Å². The summed E-state index contributed by atoms with van der Waals surface area (Å²) in [4.78, 5) is 11.6. The lowest BCUT2D eigenvalue weighted by atomic mass is 10.1. The average Bonchev–Trinajstić information content (AvgIpc) is 2.29. The highest BCUT2D eigenvalue weighted by Gasteiger charge is 2.20. The fourth-order valence-corrected chi connectivity index (χ4v) is 1.76. The van der Waals surface area contributed by atoms with Crippen LogP contribution in [0.5, 0.6) is 0 Å². The number of hydrogen-bond acceptors (Lipinski definition) is 3. The zero-order valence-corrected chi connectivity index (χ0v) is 10.7. The number of esters is 1. The Morgan fingerprint density at radius 2 is 2.44 bits per heavy atom. The molecule has 0 heterocycles. The van der Waals surface area contributed by atoms with E-state index in [4.69, 9.17) is 4.74 Å². The van der Waals surface area contributed by atoms with Gasteiger partial charge >= 0.3 is 5.97 Å². The van der Waals surface area contributed by atoms with Crippen LogP contribution in [0.3, 0.4) is 0 Å². The normalized spacial score (nSPS) is 11.9. The molecule has 0 aromatic heterocycles. The van der Waals surface area contributed by atoms with Crippen molar-refractivity contribution in [3.63, 3.8) is 0 Å². The Kier molecular flexibility index (Phi) is 5.22. The monoisotopic (exact) mass is 283 g/mol. The molecule has 16 heavy (non-hydrogen) atoms. The Balaban J connectivity index is 2.91. The molecule has 1 atom stereocenters. The standard InChI is InChI=1S/C12H14BrNO2/c1-3-7-14-11(12(15)16-2)9-5-4-6-10(13)8-9/h3-6,8,11,14H,1,7H2,2H3. The third-order valence-electron chi connectivity index (χ3n) is 2.09. The summed E-state index contributed by atoms with van der Waals surface area (Å²) in [5.41, 5.74) is 0.864. The minimum absolute atomic E-state index is 0.306. The van der Waals surface area contributed by atoms with Crippen molar-refractivity contribution in [3.05, 3.63) is 47.0 Å². The first-order chi connectivity index (χ1) is 7.69. The van der Waals surface area contributed by atoms with Crippen LogP contribution in [0.1, 0.15) is 11.6 Å². The predicted octanol–water partition coefficient (Wildman–Crippen LogP) is 2.44. The molecule has 4 heteroatoms. The Bertz CT molecular complexity index is 379. The number of hydrogen-bond donors (Lipinski definition) is 1. The molecule has 0 fully saturated rings. The van der Waals surface area contributed by atoms with Crippen LogP contribution in [0.25, 0.3) is 0 Å². The number of methoxy groups -OCH3 is 1. The number of ether oxygens (including phenoxy) is 1. The number of carbonyl (C=O) groups is 1. The summed E-state index contributed by atoms with van der Waals surface area (Å²) in [5.74, 6) is -0.306. The molecule has 0 spiro atoms. The molecule has 1 aromatic carbocycles. The van der Waals surface area contributed by atoms with Gasteiger partial charge in [-0.15, -0.1) is 6.58 Å². The molecule has 1 N–H and O–H groups in total. The zero-order valence-electron chi connectivity index (χ0n) is 9.07. The highest BCUT2D eigenvalue weighted by Crippen LogP contribution is 2.19. The van der Waals surface area contributed by atoms with E-state index in [0.29, 0.717) is 6.54 Å². The molecule has 0 aliphatic rings. The van der Waals surface area contributed by atoms with E-state index in [-0.39, 0.29) is 5.97 Å². The van der Waals surface area contributed by atoms with Gasteiger partial charge in [0.25, 0.3) is 0 Å². The third kappa shape index (κ3) is 3.47. The van der Waals surface area contributed by atoms with Crippen LogP contribution in [0.2, 0.25) is 0 Å². The van der Waals surface area contributed by atoms with Crippen molar-refractivity contribution in [2.75, 3.05) is 13.7 Å². The first kappa shape index (κ1) is 12.9. The number of benzene rings is 1. The van der Waals surface area contributed by atoms with Gasteiger partial charge in [-0.2, -0.15) is 0 Å². The number of nitrogens with one attached hydrogen (secondary N) is 1. The second-order valence-electron chi connectivity index (χ2n) is 3.21. The van der Waals surface area contributed by atoms with Crippen molar-refractivity contribution in [1.82, 2.24) is 5.32 Å². The SMILES string of the molecule is C=CCNC(C(=O)OC)c1cccc(Br)c1. The molecule has 0 aliphatic carbocycles. The second kappa shape index (κ2) is 6.45. The van der Waals surface area contributed by atoms with Crippen LogP contribution in [-0.4, -0.2) is 19.6 Å². The van der Waals surface area contributed by atoms with Gasteiger partial charge in [-0.25, -0.2) is 4.79 Å². The summed E-state index contributed by atoms with van der Waals surface area (Å²) in [7, 11) is 1.38. The van der Waals surface area contributed by atoms with Gasteiger partial charge in [0.2, 0.25) is 0 Å². The van der Waals surface area contributed by atoms with E-state index in [1.165, 1.54) is 7.11 Å². The fourth-order valence-electron chi connectivity index (χ4n) is 1.34. The van der Waals surface area contributed by atoms with Gasteiger partial charge in [0, 0.05) is 11.0 Å². The lowest BCUT2D eigenvalue weighted by Gasteiger charge is -2.15. The first-order valence-corrected chi connectivity index (χ1v) is 5.66. The van der Waals surface area contributed by atoms with Gasteiger partial charge in [-0.3, -0.25) is 5.32 Å². The van der Waals surface area contributed by atoms with E-state index in [2.05, 4.69) is 27.8 Å². The van der Waals surface area contributed by atoms with Crippen LogP contribution >= 0.6 is 15.9 Å². The van der Waals surface area contributed by atoms with Crippen LogP contribution in [-0.2, 0) is 9.53 Å². The maximum Gasteiger partial charge on any atom is 0.327 e. The minimum Gasteiger partial charge on any atom is -0.468 e. The molecular formula is C12H14BrNO2. The van der Waals surface area contributed by atoms with Crippen molar-refractivity contribution in [2.45, 2.75) is 6.04 Å². The largest absolute Gasteiger partial charge is 0.468 e. The molecule has 1 aromatic rings. The molecule has 0 aliphatic heterocycles. The van der Waals surface area contributed by atoms with Gasteiger partial charge in [-0.05, 0) is 17.7 Å². The van der Waals surface area contributed by atoms with Gasteiger partial charge in [0.15, 0.2) is 0 Å². The number of carbonyl (C=O) groups excluding carboxylic acids is 1. The quantitative estimate of drug-likeness (QED) is 0.666. The summed E-state index contributed by atoms with van der Waals surface area (Å²) >= 11 is 3.37. The Labute approximate surface area is 104 Å². The number of rotatable bonds is 5. The van der Waals surface area contributed by atoms with Crippen molar-refractivity contribution in [3.8, 4) is 0 Å². The van der Waals surface area contributed by atoms with E-state index in [1.807, 2.05) is 24.3 Å². The summed E-state index contributed by atoms with van der Waals surface area (Å²) in [6.45, 7) is 4.15. The first-order valence-electron chi connectivity index (χ1n) is 4.86. The van der Waals surface area contributed by atoms with E-state index in [0.717, 1.165) is 10.0 Å². The van der Waals surface area contributed by atoms with E-state index in [9.17, 15) is 4.79 Å². The minimum atomic E-state index is -0.458. The molecule has 0 bridgehead atoms. The third-order valence-corrected chi connectivity index (χ3v) is 2.58. The van der Waals surface area contributed by atoms with E-state index in [1.54, 1.807) is 6.08 Å². The van der Waals surface area contributed by atoms with Crippen LogP contribution in [0.4, 0.5) is 0 Å². The van der Waals surface area contributed by atoms with E-state index < -0.39 is 6.04 Å². The smallest absolute Gasteiger partial charge is 0.327 e. The summed E-state index contributed by atoms with van der Waals surface area (Å²) in [6.07, 6.45) is 1.70. The van der Waals surface area contributed by atoms with Crippen molar-refractivity contribution in [1.29, 1.82) is 0 Å². The van der Waals surface area contributed by atoms with Crippen LogP contribution in [0.15, 0.2) is 41.4 Å². The Morgan fingerprint density at radius 3 is 3.00 bits per heavy atom. The lowest BCUT2D eigenvalue weighted by molar-refractivity contribution is -0.143. The topological polar surface area (TPSA) is 38.3 Å². The molecule has 1 unspecified atom stereocenters. The van der Waals surface area contributed by atoms with Crippen LogP contribution < -0.4 is 5.32 Å². The molecule has 3 nitrogen and oxygen atoms in total. The lowest BCUT2D eigenvalue weighted by Crippen LogP contribution is -2.29. The molecular weight excluding hydrogens is 270 g/mol. The molecule has 86 valence electrons. The Hall–Kier alpha value is -1.13. The molecule has 0 saturated carbocycles. The van der Waals surface area contributed by atoms with E-state index >= 15 is 0 Å². The maximum absolute atomic E-state index is 11.6. The zero-order chi connectivity index (χ0) is 12.0. The van der Waals surface area contributed by atoms with Crippen molar-refractivity contribution < 1.29 is 9.53 Å². The van der Waals surface area contributed by atoms with Crippen LogP contribution in [0, 0.1) is 0 Å². The maximum atomic E-state index is 11.6. The predicted molar refractivity (Wildman–Crippen MR) is 67.1 cm³/mol. The summed E-state index contributed by atoms with van der Waals surface area (Å²) < 4.78 is 5.68. The van der Waals surface area contributed by atoms with Gasteiger partial charge in [0.1, 0.15) is 6.04 Å².